The van der Waals surface area contributed by atoms with Crippen LogP contribution in [0, 0.1) is 0 Å². The highest BCUT2D eigenvalue weighted by molar-refractivity contribution is 7.12. The van der Waals surface area contributed by atoms with Crippen molar-refractivity contribution < 1.29 is 14.3 Å². The van der Waals surface area contributed by atoms with Gasteiger partial charge in [0, 0.05) is 19.5 Å². The molecule has 0 saturated carbocycles. The molecule has 0 N–H and O–H groups in total. The molecule has 1 saturated heterocycles. The van der Waals surface area contributed by atoms with Crippen LogP contribution < -0.4 is 4.74 Å². The third-order valence-electron chi connectivity index (χ3n) is 6.02. The second-order valence-corrected chi connectivity index (χ2v) is 9.16. The van der Waals surface area contributed by atoms with Gasteiger partial charge in [0.25, 0.3) is 11.8 Å². The van der Waals surface area contributed by atoms with Crippen molar-refractivity contribution in [2.75, 3.05) is 19.7 Å². The lowest BCUT2D eigenvalue weighted by Gasteiger charge is -2.22. The molecule has 2 amide bonds. The minimum atomic E-state index is -0.243. The van der Waals surface area contributed by atoms with Crippen LogP contribution in [0.4, 0.5) is 0 Å². The molecule has 2 aromatic carbocycles. The Morgan fingerprint density at radius 1 is 1.00 bits per heavy atom. The minimum Gasteiger partial charge on any atom is -0.484 e. The van der Waals surface area contributed by atoms with Crippen LogP contribution in [-0.4, -0.2) is 47.1 Å². The number of hydrazone groups is 1. The number of hydrogen-bond donors (Lipinski definition) is 0. The van der Waals surface area contributed by atoms with E-state index in [0.717, 1.165) is 42.8 Å². The number of nitrogens with zero attached hydrogens (tertiary/aromatic N) is 3. The molecule has 0 bridgehead atoms. The molecular formula is C26H25N3O3S. The highest BCUT2D eigenvalue weighted by Crippen LogP contribution is 2.35. The number of carbonyl (C=O) groups excluding carboxylic acids is 2. The van der Waals surface area contributed by atoms with Crippen LogP contribution in [0.25, 0.3) is 0 Å². The van der Waals surface area contributed by atoms with Gasteiger partial charge in [-0.25, -0.2) is 5.01 Å². The van der Waals surface area contributed by atoms with Crippen molar-refractivity contribution in [2.45, 2.75) is 25.3 Å². The second kappa shape index (κ2) is 9.58. The predicted molar refractivity (Wildman–Crippen MR) is 129 cm³/mol. The number of hydrogen-bond acceptors (Lipinski definition) is 5. The maximum atomic E-state index is 13.3. The second-order valence-electron chi connectivity index (χ2n) is 8.21. The maximum Gasteiger partial charge on any atom is 0.284 e. The highest BCUT2D eigenvalue weighted by atomic mass is 32.1. The van der Waals surface area contributed by atoms with E-state index in [9.17, 15) is 9.59 Å². The molecule has 0 aliphatic carbocycles. The summed E-state index contributed by atoms with van der Waals surface area (Å²) in [4.78, 5) is 28.1. The molecule has 33 heavy (non-hydrogen) atoms. The molecule has 3 aromatic rings. The van der Waals surface area contributed by atoms with E-state index < -0.39 is 0 Å². The van der Waals surface area contributed by atoms with E-state index in [2.05, 4.69) is 0 Å². The molecule has 2 aliphatic heterocycles. The number of amides is 2. The lowest BCUT2D eigenvalue weighted by atomic mass is 9.98. The molecule has 168 valence electrons. The van der Waals surface area contributed by atoms with Crippen LogP contribution in [0.5, 0.6) is 5.75 Å². The van der Waals surface area contributed by atoms with Crippen molar-refractivity contribution in [1.82, 2.24) is 9.91 Å². The number of rotatable bonds is 6. The SMILES string of the molecule is O=C(COc1cccc([C@@H]2CC(c3ccccc3)=NN2C(=O)c2cccs2)c1)N1CCCC1. The number of thiophene rings is 1. The lowest BCUT2D eigenvalue weighted by molar-refractivity contribution is -0.132. The van der Waals surface area contributed by atoms with Crippen LogP contribution in [0.1, 0.15) is 46.1 Å². The normalized spacial score (nSPS) is 17.8. The summed E-state index contributed by atoms with van der Waals surface area (Å²) in [5.74, 6) is 0.524. The van der Waals surface area contributed by atoms with Crippen molar-refractivity contribution >= 4 is 28.9 Å². The number of ether oxygens (including phenoxy) is 1. The molecule has 7 heteroatoms. The third kappa shape index (κ3) is 4.68. The Hall–Kier alpha value is -3.45. The summed E-state index contributed by atoms with van der Waals surface area (Å²) >= 11 is 1.41. The first-order chi connectivity index (χ1) is 16.2. The number of benzene rings is 2. The molecule has 1 aromatic heterocycles. The van der Waals surface area contributed by atoms with Crippen LogP contribution in [0.15, 0.2) is 77.2 Å². The summed E-state index contributed by atoms with van der Waals surface area (Å²) in [5.41, 5.74) is 2.81. The molecule has 1 fully saturated rings. The van der Waals surface area contributed by atoms with E-state index in [4.69, 9.17) is 9.84 Å². The van der Waals surface area contributed by atoms with Gasteiger partial charge in [-0.2, -0.15) is 5.10 Å². The van der Waals surface area contributed by atoms with Gasteiger partial charge in [0.2, 0.25) is 0 Å². The zero-order valence-corrected chi connectivity index (χ0v) is 19.0. The summed E-state index contributed by atoms with van der Waals surface area (Å²) in [6, 6.07) is 21.0. The number of likely N-dealkylation sites (tertiary alicyclic amines) is 1. The number of carbonyl (C=O) groups is 2. The Kier molecular flexibility index (Phi) is 6.21. The fourth-order valence-electron chi connectivity index (χ4n) is 4.29. The fourth-order valence-corrected chi connectivity index (χ4v) is 4.95. The van der Waals surface area contributed by atoms with E-state index in [0.29, 0.717) is 17.0 Å². The van der Waals surface area contributed by atoms with Crippen LogP contribution >= 0.6 is 11.3 Å². The Morgan fingerprint density at radius 2 is 1.82 bits per heavy atom. The average molecular weight is 460 g/mol. The average Bonchev–Trinajstić information content (AvgIpc) is 3.64. The van der Waals surface area contributed by atoms with Crippen LogP contribution in [0.3, 0.4) is 0 Å². The van der Waals surface area contributed by atoms with Crippen molar-refractivity contribution in [3.05, 3.63) is 88.1 Å². The Labute approximate surface area is 197 Å². The molecule has 0 unspecified atom stereocenters. The maximum absolute atomic E-state index is 13.3. The smallest absolute Gasteiger partial charge is 0.284 e. The van der Waals surface area contributed by atoms with Crippen molar-refractivity contribution in [2.24, 2.45) is 5.10 Å². The molecule has 5 rings (SSSR count). The van der Waals surface area contributed by atoms with Gasteiger partial charge >= 0.3 is 0 Å². The van der Waals surface area contributed by atoms with Gasteiger partial charge in [-0.3, -0.25) is 9.59 Å². The standard InChI is InChI=1S/C26H25N3O3S/c30-25(28-13-4-5-14-28)18-32-21-11-6-10-20(16-21)23-17-22(19-8-2-1-3-9-19)27-29(23)26(31)24-12-7-15-33-24/h1-3,6-12,15-16,23H,4-5,13-14,17-18H2/t23-/m0/s1. The largest absolute Gasteiger partial charge is 0.484 e. The quantitative estimate of drug-likeness (QED) is 0.535. The summed E-state index contributed by atoms with van der Waals surface area (Å²) in [5, 5.41) is 8.21. The van der Waals surface area contributed by atoms with Crippen molar-refractivity contribution in [3.8, 4) is 5.75 Å². The Balaban J connectivity index is 1.37. The molecule has 2 aliphatic rings. The van der Waals surface area contributed by atoms with E-state index in [1.807, 2.05) is 77.0 Å². The molecule has 0 radical (unpaired) electrons. The molecule has 3 heterocycles. The van der Waals surface area contributed by atoms with Crippen LogP contribution in [-0.2, 0) is 4.79 Å². The summed E-state index contributed by atoms with van der Waals surface area (Å²) in [6.45, 7) is 1.64. The first kappa shape index (κ1) is 21.4. The van der Waals surface area contributed by atoms with Gasteiger partial charge in [0.15, 0.2) is 6.61 Å². The zero-order valence-electron chi connectivity index (χ0n) is 18.2. The Morgan fingerprint density at radius 3 is 2.58 bits per heavy atom. The van der Waals surface area contributed by atoms with E-state index in [1.54, 1.807) is 5.01 Å². The summed E-state index contributed by atoms with van der Waals surface area (Å²) in [7, 11) is 0. The van der Waals surface area contributed by atoms with Crippen LogP contribution in [0.2, 0.25) is 0 Å². The first-order valence-corrected chi connectivity index (χ1v) is 12.1. The highest BCUT2D eigenvalue weighted by Gasteiger charge is 2.34. The third-order valence-corrected chi connectivity index (χ3v) is 6.88. The topological polar surface area (TPSA) is 62.2 Å². The molecule has 6 nitrogen and oxygen atoms in total. The van der Waals surface area contributed by atoms with Crippen molar-refractivity contribution in [3.63, 3.8) is 0 Å². The lowest BCUT2D eigenvalue weighted by Crippen LogP contribution is -2.32. The molecule has 0 spiro atoms. The molecule has 1 atom stereocenters. The Bertz CT molecular complexity index is 1150. The zero-order chi connectivity index (χ0) is 22.6. The summed E-state index contributed by atoms with van der Waals surface area (Å²) in [6.07, 6.45) is 2.72. The van der Waals surface area contributed by atoms with E-state index >= 15 is 0 Å². The van der Waals surface area contributed by atoms with Gasteiger partial charge in [-0.1, -0.05) is 48.5 Å². The van der Waals surface area contributed by atoms with Gasteiger partial charge in [0.05, 0.1) is 16.6 Å². The predicted octanol–water partition coefficient (Wildman–Crippen LogP) is 4.74. The van der Waals surface area contributed by atoms with Gasteiger partial charge in [-0.15, -0.1) is 11.3 Å². The molecular weight excluding hydrogens is 434 g/mol. The summed E-state index contributed by atoms with van der Waals surface area (Å²) < 4.78 is 5.83. The van der Waals surface area contributed by atoms with E-state index in [1.165, 1.54) is 11.3 Å². The monoisotopic (exact) mass is 459 g/mol. The van der Waals surface area contributed by atoms with Crippen molar-refractivity contribution in [1.29, 1.82) is 0 Å². The van der Waals surface area contributed by atoms with E-state index in [-0.39, 0.29) is 24.5 Å². The van der Waals surface area contributed by atoms with Gasteiger partial charge in [0.1, 0.15) is 5.75 Å². The first-order valence-electron chi connectivity index (χ1n) is 11.2. The van der Waals surface area contributed by atoms with Gasteiger partial charge < -0.3 is 9.64 Å². The van der Waals surface area contributed by atoms with Gasteiger partial charge in [-0.05, 0) is 47.5 Å². The fraction of sp³-hybridized carbons (Fsp3) is 0.269. The minimum absolute atomic E-state index is 0.0166.